The van der Waals surface area contributed by atoms with E-state index in [1.165, 1.54) is 0 Å². The van der Waals surface area contributed by atoms with Gasteiger partial charge in [-0.1, -0.05) is 5.43 Å². The van der Waals surface area contributed by atoms with Crippen molar-refractivity contribution in [3.63, 3.8) is 0 Å². The quantitative estimate of drug-likeness (QED) is 0.0864. The third-order valence-corrected chi connectivity index (χ3v) is 3.28. The van der Waals surface area contributed by atoms with Crippen molar-refractivity contribution in [2.45, 2.75) is 37.4 Å². The second-order valence-electron chi connectivity index (χ2n) is 5.20. The standard InChI is InChI=1S/C11H22N8O4/c12-6-4-8(16-5-6)10(21)17-7(9(13)20)2-1-3-15-11(14)18-19(22)23/h6-8,16H,1-5,12H2,(H2,13,20)(H,17,21)(H3,14,15,18)/t6-,7-,8?/m0/s1. The Balaban J connectivity index is 2.39. The van der Waals surface area contributed by atoms with Crippen LogP contribution in [0.15, 0.2) is 4.99 Å². The van der Waals surface area contributed by atoms with Crippen LogP contribution in [0.25, 0.3) is 0 Å². The molecule has 0 aromatic rings. The Morgan fingerprint density at radius 1 is 1.43 bits per heavy atom. The number of hydrazine groups is 1. The van der Waals surface area contributed by atoms with Crippen LogP contribution in [0.3, 0.4) is 0 Å². The van der Waals surface area contributed by atoms with Gasteiger partial charge in [-0.25, -0.2) is 15.1 Å². The fourth-order valence-electron chi connectivity index (χ4n) is 2.14. The predicted molar refractivity (Wildman–Crippen MR) is 81.4 cm³/mol. The topological polar surface area (TPSA) is 204 Å². The minimum atomic E-state index is -0.846. The first kappa shape index (κ1) is 18.6. The Kier molecular flexibility index (Phi) is 7.15. The maximum Gasteiger partial charge on any atom is 0.251 e. The molecular weight excluding hydrogens is 308 g/mol. The highest BCUT2D eigenvalue weighted by Crippen LogP contribution is 2.06. The van der Waals surface area contributed by atoms with E-state index in [-0.39, 0.29) is 30.9 Å². The molecule has 0 bridgehead atoms. The van der Waals surface area contributed by atoms with E-state index < -0.39 is 23.0 Å². The van der Waals surface area contributed by atoms with Crippen LogP contribution in [-0.4, -0.2) is 54.0 Å². The molecule has 0 aromatic heterocycles. The molecule has 0 saturated carbocycles. The first-order chi connectivity index (χ1) is 10.8. The fourth-order valence-corrected chi connectivity index (χ4v) is 2.14. The maximum absolute atomic E-state index is 12.0. The van der Waals surface area contributed by atoms with Crippen LogP contribution in [0.4, 0.5) is 0 Å². The van der Waals surface area contributed by atoms with Crippen molar-refractivity contribution in [3.8, 4) is 0 Å². The second-order valence-corrected chi connectivity index (χ2v) is 5.20. The number of carbonyl (C=O) groups excluding carboxylic acids is 2. The molecule has 1 aliphatic rings. The third kappa shape index (κ3) is 6.88. The lowest BCUT2D eigenvalue weighted by atomic mass is 10.1. The molecule has 9 N–H and O–H groups in total. The zero-order valence-corrected chi connectivity index (χ0v) is 12.5. The number of primary amides is 1. The van der Waals surface area contributed by atoms with Crippen LogP contribution in [0.5, 0.6) is 0 Å². The van der Waals surface area contributed by atoms with Gasteiger partial charge in [-0.3, -0.25) is 9.59 Å². The van der Waals surface area contributed by atoms with Crippen LogP contribution in [-0.2, 0) is 9.59 Å². The molecule has 1 fully saturated rings. The molecule has 1 saturated heterocycles. The van der Waals surface area contributed by atoms with E-state index in [1.807, 2.05) is 0 Å². The molecule has 1 heterocycles. The van der Waals surface area contributed by atoms with Gasteiger partial charge in [0.1, 0.15) is 6.04 Å². The zero-order valence-electron chi connectivity index (χ0n) is 12.5. The Morgan fingerprint density at radius 2 is 2.13 bits per heavy atom. The number of carbonyl (C=O) groups is 2. The van der Waals surface area contributed by atoms with Crippen molar-refractivity contribution in [1.82, 2.24) is 16.1 Å². The molecule has 1 aliphatic heterocycles. The molecule has 0 radical (unpaired) electrons. The van der Waals surface area contributed by atoms with Crippen LogP contribution < -0.4 is 33.3 Å². The van der Waals surface area contributed by atoms with E-state index in [0.29, 0.717) is 19.4 Å². The summed E-state index contributed by atoms with van der Waals surface area (Å²) in [5.41, 5.74) is 17.9. The Labute approximate surface area is 132 Å². The molecule has 23 heavy (non-hydrogen) atoms. The summed E-state index contributed by atoms with van der Waals surface area (Å²) in [5.74, 6) is -1.33. The highest BCUT2D eigenvalue weighted by molar-refractivity contribution is 5.89. The number of aliphatic imine (C=N–C) groups is 1. The Bertz CT molecular complexity index is 483. The predicted octanol–water partition coefficient (Wildman–Crippen LogP) is -3.48. The number of hydrogen-bond donors (Lipinski definition) is 6. The summed E-state index contributed by atoms with van der Waals surface area (Å²) in [5, 5.41) is 14.8. The Morgan fingerprint density at radius 3 is 2.65 bits per heavy atom. The summed E-state index contributed by atoms with van der Waals surface area (Å²) < 4.78 is 0. The molecule has 1 rings (SSSR count). The largest absolute Gasteiger partial charge is 0.368 e. The van der Waals surface area contributed by atoms with E-state index in [9.17, 15) is 19.7 Å². The van der Waals surface area contributed by atoms with Gasteiger partial charge in [0.05, 0.1) is 6.04 Å². The molecular formula is C11H22N8O4. The molecule has 12 nitrogen and oxygen atoms in total. The van der Waals surface area contributed by atoms with Crippen LogP contribution in [0.1, 0.15) is 19.3 Å². The summed E-state index contributed by atoms with van der Waals surface area (Å²) in [7, 11) is 0. The van der Waals surface area contributed by atoms with E-state index in [2.05, 4.69) is 15.6 Å². The van der Waals surface area contributed by atoms with Crippen molar-refractivity contribution in [2.24, 2.45) is 22.2 Å². The average molecular weight is 330 g/mol. The van der Waals surface area contributed by atoms with Gasteiger partial charge in [0.2, 0.25) is 11.8 Å². The molecule has 12 heteroatoms. The van der Waals surface area contributed by atoms with Gasteiger partial charge in [0.25, 0.3) is 5.96 Å². The van der Waals surface area contributed by atoms with Crippen molar-refractivity contribution < 1.29 is 14.6 Å². The number of nitrogens with one attached hydrogen (secondary N) is 3. The lowest BCUT2D eigenvalue weighted by Gasteiger charge is -2.18. The summed E-state index contributed by atoms with van der Waals surface area (Å²) in [6, 6.07) is -1.38. The van der Waals surface area contributed by atoms with Crippen molar-refractivity contribution in [2.75, 3.05) is 13.1 Å². The van der Waals surface area contributed by atoms with Gasteiger partial charge in [-0.05, 0) is 19.3 Å². The number of nitro groups is 1. The van der Waals surface area contributed by atoms with Gasteiger partial charge < -0.3 is 27.8 Å². The first-order valence-electron chi connectivity index (χ1n) is 7.09. The SMILES string of the molecule is NC(=O)[C@H](CCCN=C(N)N[N+](=O)[O-])NC(=O)C1C[C@H](N)CN1. The lowest BCUT2D eigenvalue weighted by molar-refractivity contribution is -0.525. The van der Waals surface area contributed by atoms with E-state index in [0.717, 1.165) is 0 Å². The van der Waals surface area contributed by atoms with Gasteiger partial charge in [-0.2, -0.15) is 0 Å². The number of guanidine groups is 1. The first-order valence-corrected chi connectivity index (χ1v) is 7.09. The monoisotopic (exact) mass is 330 g/mol. The number of hydrogen-bond acceptors (Lipinski definition) is 7. The molecule has 0 spiro atoms. The van der Waals surface area contributed by atoms with E-state index in [4.69, 9.17) is 17.2 Å². The minimum absolute atomic E-state index is 0.0933. The highest BCUT2D eigenvalue weighted by atomic mass is 16.7. The number of nitrogens with two attached hydrogens (primary N) is 3. The fraction of sp³-hybridized carbons (Fsp3) is 0.727. The van der Waals surface area contributed by atoms with Crippen LogP contribution in [0, 0.1) is 10.1 Å². The highest BCUT2D eigenvalue weighted by Gasteiger charge is 2.29. The third-order valence-electron chi connectivity index (χ3n) is 3.28. The Hall–Kier alpha value is -2.47. The summed E-state index contributed by atoms with van der Waals surface area (Å²) >= 11 is 0. The summed E-state index contributed by atoms with van der Waals surface area (Å²) in [4.78, 5) is 37.2. The number of rotatable bonds is 8. The summed E-state index contributed by atoms with van der Waals surface area (Å²) in [6.45, 7) is 0.690. The van der Waals surface area contributed by atoms with Crippen molar-refractivity contribution in [1.29, 1.82) is 0 Å². The van der Waals surface area contributed by atoms with Crippen molar-refractivity contribution >= 4 is 17.8 Å². The maximum atomic E-state index is 12.0. The molecule has 2 amide bonds. The van der Waals surface area contributed by atoms with Gasteiger partial charge in [0.15, 0.2) is 5.03 Å². The minimum Gasteiger partial charge on any atom is -0.368 e. The second kappa shape index (κ2) is 8.85. The average Bonchev–Trinajstić information content (AvgIpc) is 2.87. The lowest BCUT2D eigenvalue weighted by Crippen LogP contribution is -2.50. The van der Waals surface area contributed by atoms with Crippen LogP contribution >= 0.6 is 0 Å². The molecule has 130 valence electrons. The van der Waals surface area contributed by atoms with Crippen LogP contribution in [0.2, 0.25) is 0 Å². The smallest absolute Gasteiger partial charge is 0.251 e. The number of amides is 2. The van der Waals surface area contributed by atoms with Crippen molar-refractivity contribution in [3.05, 3.63) is 10.1 Å². The zero-order chi connectivity index (χ0) is 17.4. The molecule has 3 atom stereocenters. The van der Waals surface area contributed by atoms with E-state index >= 15 is 0 Å². The number of nitrogens with zero attached hydrogens (tertiary/aromatic N) is 2. The molecule has 0 aliphatic carbocycles. The molecule has 1 unspecified atom stereocenters. The normalized spacial score (nSPS) is 22.4. The van der Waals surface area contributed by atoms with E-state index in [1.54, 1.807) is 5.43 Å². The molecule has 0 aromatic carbocycles. The van der Waals surface area contributed by atoms with Gasteiger partial charge in [-0.15, -0.1) is 0 Å². The van der Waals surface area contributed by atoms with Gasteiger partial charge in [0, 0.05) is 19.1 Å². The summed E-state index contributed by atoms with van der Waals surface area (Å²) in [6.07, 6.45) is 1.10. The van der Waals surface area contributed by atoms with Gasteiger partial charge >= 0.3 is 0 Å².